The summed E-state index contributed by atoms with van der Waals surface area (Å²) in [4.78, 5) is 14.6. The average Bonchev–Trinajstić information content (AvgIpc) is 2.41. The van der Waals surface area contributed by atoms with Crippen molar-refractivity contribution in [2.45, 2.75) is 20.0 Å². The van der Waals surface area contributed by atoms with Crippen molar-refractivity contribution in [3.8, 4) is 0 Å². The lowest BCUT2D eigenvalue weighted by molar-refractivity contribution is -0.159. The smallest absolute Gasteiger partial charge is 0.422 e. The summed E-state index contributed by atoms with van der Waals surface area (Å²) >= 11 is 0. The van der Waals surface area contributed by atoms with Gasteiger partial charge in [-0.1, -0.05) is 0 Å². The fourth-order valence-electron chi connectivity index (χ4n) is 0.797. The molecule has 1 N–H and O–H groups in total. The Bertz CT molecular complexity index is 367. The molecule has 0 unspecified atom stereocenters. The Morgan fingerprint density at radius 3 is 2.56 bits per heavy atom. The zero-order chi connectivity index (χ0) is 12.3. The highest BCUT2D eigenvalue weighted by molar-refractivity contribution is 5.81. The topological polar surface area (TPSA) is 64.4 Å². The maximum absolute atomic E-state index is 11.7. The number of nitrogens with zero attached hydrogens (tertiary/aromatic N) is 1. The molecule has 16 heavy (non-hydrogen) atoms. The standard InChI is InChI=1S/C8H9F3N2O3/c1-4-5(2)16-6(12-4)13-7(14)15-3-8(9,10)11/h3H2,1-2H3,(H,12,13,14). The van der Waals surface area contributed by atoms with Crippen molar-refractivity contribution in [1.29, 1.82) is 0 Å². The Kier molecular flexibility index (Phi) is 3.41. The van der Waals surface area contributed by atoms with Gasteiger partial charge in [-0.15, -0.1) is 0 Å². The Hall–Kier alpha value is -1.73. The van der Waals surface area contributed by atoms with Gasteiger partial charge in [-0.2, -0.15) is 18.2 Å². The first-order valence-corrected chi connectivity index (χ1v) is 4.22. The van der Waals surface area contributed by atoms with Crippen LogP contribution in [0.3, 0.4) is 0 Å². The van der Waals surface area contributed by atoms with E-state index >= 15 is 0 Å². The minimum atomic E-state index is -4.56. The van der Waals surface area contributed by atoms with Gasteiger partial charge in [0.25, 0.3) is 0 Å². The number of carbonyl (C=O) groups excluding carboxylic acids is 1. The van der Waals surface area contributed by atoms with E-state index in [0.717, 1.165) is 0 Å². The highest BCUT2D eigenvalue weighted by Gasteiger charge is 2.29. The Labute approximate surface area is 88.6 Å². The summed E-state index contributed by atoms with van der Waals surface area (Å²) in [5.74, 6) is 0.464. The molecule has 5 nitrogen and oxygen atoms in total. The number of hydrogen-bond acceptors (Lipinski definition) is 4. The number of hydrogen-bond donors (Lipinski definition) is 1. The molecule has 1 aromatic rings. The molecular formula is C8H9F3N2O3. The second-order valence-corrected chi connectivity index (χ2v) is 2.98. The van der Waals surface area contributed by atoms with Gasteiger partial charge >= 0.3 is 18.3 Å². The van der Waals surface area contributed by atoms with Crippen molar-refractivity contribution in [1.82, 2.24) is 4.98 Å². The van der Waals surface area contributed by atoms with Gasteiger partial charge in [-0.3, -0.25) is 0 Å². The molecule has 1 aromatic heterocycles. The summed E-state index contributed by atoms with van der Waals surface area (Å²) in [6, 6.07) is -0.192. The zero-order valence-corrected chi connectivity index (χ0v) is 8.51. The summed E-state index contributed by atoms with van der Waals surface area (Å²) in [5, 5.41) is 1.94. The quantitative estimate of drug-likeness (QED) is 0.859. The predicted octanol–water partition coefficient (Wildman–Crippen LogP) is 2.40. The molecule has 0 aliphatic rings. The van der Waals surface area contributed by atoms with E-state index < -0.39 is 18.9 Å². The lowest BCUT2D eigenvalue weighted by atomic mass is 10.4. The van der Waals surface area contributed by atoms with Gasteiger partial charge in [0.1, 0.15) is 5.76 Å². The van der Waals surface area contributed by atoms with E-state index in [1.165, 1.54) is 0 Å². The van der Waals surface area contributed by atoms with Gasteiger partial charge in [-0.25, -0.2) is 10.1 Å². The molecule has 1 amide bonds. The van der Waals surface area contributed by atoms with E-state index in [9.17, 15) is 18.0 Å². The van der Waals surface area contributed by atoms with Crippen LogP contribution in [0.25, 0.3) is 0 Å². The van der Waals surface area contributed by atoms with Crippen LogP contribution < -0.4 is 5.32 Å². The second kappa shape index (κ2) is 4.42. The molecule has 1 heterocycles. The van der Waals surface area contributed by atoms with E-state index in [2.05, 4.69) is 9.72 Å². The van der Waals surface area contributed by atoms with Crippen LogP contribution in [-0.4, -0.2) is 23.9 Å². The summed E-state index contributed by atoms with van der Waals surface area (Å²) in [6.07, 6.45) is -5.82. The first-order chi connectivity index (χ1) is 7.28. The van der Waals surface area contributed by atoms with Gasteiger partial charge in [0.05, 0.1) is 5.69 Å². The number of aromatic nitrogens is 1. The number of anilines is 1. The number of ether oxygens (including phenoxy) is 1. The van der Waals surface area contributed by atoms with E-state index in [1.54, 1.807) is 13.8 Å². The van der Waals surface area contributed by atoms with Crippen LogP contribution in [0.4, 0.5) is 24.0 Å². The predicted molar refractivity (Wildman–Crippen MR) is 47.0 cm³/mol. The number of nitrogens with one attached hydrogen (secondary N) is 1. The second-order valence-electron chi connectivity index (χ2n) is 2.98. The van der Waals surface area contributed by atoms with E-state index in [4.69, 9.17) is 4.42 Å². The molecule has 0 bridgehead atoms. The number of oxazole rings is 1. The first kappa shape index (κ1) is 12.3. The van der Waals surface area contributed by atoms with Crippen LogP contribution in [-0.2, 0) is 4.74 Å². The average molecular weight is 238 g/mol. The molecule has 0 aliphatic heterocycles. The first-order valence-electron chi connectivity index (χ1n) is 4.22. The van der Waals surface area contributed by atoms with Crippen molar-refractivity contribution < 1.29 is 27.1 Å². The summed E-state index contributed by atoms with van der Waals surface area (Å²) < 4.78 is 43.8. The minimum Gasteiger partial charge on any atom is -0.440 e. The summed E-state index contributed by atoms with van der Waals surface area (Å²) in [7, 11) is 0. The number of rotatable bonds is 2. The maximum atomic E-state index is 11.7. The lowest BCUT2D eigenvalue weighted by Gasteiger charge is -2.06. The number of alkyl halides is 3. The highest BCUT2D eigenvalue weighted by Crippen LogP contribution is 2.16. The van der Waals surface area contributed by atoms with E-state index in [0.29, 0.717) is 11.5 Å². The number of halogens is 3. The van der Waals surface area contributed by atoms with Crippen molar-refractivity contribution in [3.63, 3.8) is 0 Å². The van der Waals surface area contributed by atoms with Gasteiger partial charge < -0.3 is 9.15 Å². The molecule has 1 rings (SSSR count). The van der Waals surface area contributed by atoms with Crippen molar-refractivity contribution in [3.05, 3.63) is 11.5 Å². The van der Waals surface area contributed by atoms with Crippen LogP contribution >= 0.6 is 0 Å². The number of carbonyl (C=O) groups is 1. The SMILES string of the molecule is Cc1nc(NC(=O)OCC(F)(F)F)oc1C. The third kappa shape index (κ3) is 3.79. The monoisotopic (exact) mass is 238 g/mol. The van der Waals surface area contributed by atoms with Crippen LogP contribution in [0.1, 0.15) is 11.5 Å². The molecule has 0 aliphatic carbocycles. The Morgan fingerprint density at radius 1 is 1.50 bits per heavy atom. The molecule has 0 radical (unpaired) electrons. The lowest BCUT2D eigenvalue weighted by Crippen LogP contribution is -2.23. The molecule has 0 saturated carbocycles. The Balaban J connectivity index is 2.46. The zero-order valence-electron chi connectivity index (χ0n) is 8.51. The fourth-order valence-corrected chi connectivity index (χ4v) is 0.797. The van der Waals surface area contributed by atoms with Gasteiger partial charge in [0.2, 0.25) is 0 Å². The molecular weight excluding hydrogens is 229 g/mol. The van der Waals surface area contributed by atoms with E-state index in [-0.39, 0.29) is 6.01 Å². The summed E-state index contributed by atoms with van der Waals surface area (Å²) in [6.45, 7) is 1.58. The van der Waals surface area contributed by atoms with E-state index in [1.807, 2.05) is 5.32 Å². The van der Waals surface area contributed by atoms with Gasteiger partial charge in [0.15, 0.2) is 6.61 Å². The molecule has 90 valence electrons. The molecule has 0 fully saturated rings. The molecule has 0 atom stereocenters. The van der Waals surface area contributed by atoms with Crippen LogP contribution in [0.2, 0.25) is 0 Å². The largest absolute Gasteiger partial charge is 0.440 e. The Morgan fingerprint density at radius 2 is 2.12 bits per heavy atom. The third-order valence-corrected chi connectivity index (χ3v) is 1.60. The van der Waals surface area contributed by atoms with Crippen molar-refractivity contribution >= 4 is 12.1 Å². The van der Waals surface area contributed by atoms with Crippen LogP contribution in [0.15, 0.2) is 4.42 Å². The molecule has 0 aromatic carbocycles. The van der Waals surface area contributed by atoms with Crippen LogP contribution in [0.5, 0.6) is 0 Å². The molecule has 0 spiro atoms. The fraction of sp³-hybridized carbons (Fsp3) is 0.500. The summed E-state index contributed by atoms with van der Waals surface area (Å²) in [5.41, 5.74) is 0.533. The van der Waals surface area contributed by atoms with Gasteiger partial charge in [0, 0.05) is 0 Å². The number of amides is 1. The number of aryl methyl sites for hydroxylation is 2. The van der Waals surface area contributed by atoms with Crippen molar-refractivity contribution in [2.75, 3.05) is 11.9 Å². The minimum absolute atomic E-state index is 0.192. The molecule has 8 heteroatoms. The maximum Gasteiger partial charge on any atom is 0.422 e. The highest BCUT2D eigenvalue weighted by atomic mass is 19.4. The third-order valence-electron chi connectivity index (χ3n) is 1.60. The van der Waals surface area contributed by atoms with Gasteiger partial charge in [-0.05, 0) is 13.8 Å². The van der Waals surface area contributed by atoms with Crippen molar-refractivity contribution in [2.24, 2.45) is 0 Å². The van der Waals surface area contributed by atoms with Crippen LogP contribution in [0, 0.1) is 13.8 Å². The normalized spacial score (nSPS) is 11.3. The molecule has 0 saturated heterocycles.